The Labute approximate surface area is 177 Å². The lowest BCUT2D eigenvalue weighted by atomic mass is 9.86. The highest BCUT2D eigenvalue weighted by Crippen LogP contribution is 2.40. The number of aryl methyl sites for hydroxylation is 1. The van der Waals surface area contributed by atoms with Gasteiger partial charge < -0.3 is 20.1 Å². The second kappa shape index (κ2) is 6.49. The van der Waals surface area contributed by atoms with Crippen molar-refractivity contribution in [2.24, 2.45) is 5.73 Å². The van der Waals surface area contributed by atoms with Crippen LogP contribution in [0, 0.1) is 0 Å². The van der Waals surface area contributed by atoms with Crippen molar-refractivity contribution in [3.63, 3.8) is 0 Å². The maximum Gasteiger partial charge on any atom is 0.343 e. The maximum absolute atomic E-state index is 13.3. The minimum Gasteiger partial charge on any atom is -0.458 e. The van der Waals surface area contributed by atoms with Crippen LogP contribution in [0.4, 0.5) is 0 Å². The summed E-state index contributed by atoms with van der Waals surface area (Å²) in [6, 6.07) is 6.81. The second-order valence-corrected chi connectivity index (χ2v) is 7.97. The topological polar surface area (TPSA) is 125 Å². The lowest BCUT2D eigenvalue weighted by Crippen LogP contribution is -2.44. The summed E-state index contributed by atoms with van der Waals surface area (Å²) in [4.78, 5) is 42.0. The molecule has 2 aliphatic rings. The van der Waals surface area contributed by atoms with E-state index < -0.39 is 17.5 Å². The summed E-state index contributed by atoms with van der Waals surface area (Å²) in [6.07, 6.45) is 0.766. The number of rotatable bonds is 3. The number of hydrogen-bond acceptors (Lipinski definition) is 6. The fraction of sp³-hybridized carbons (Fsp3) is 0.304. The fourth-order valence-electron chi connectivity index (χ4n) is 4.72. The molecule has 0 radical (unpaired) electrons. The predicted octanol–water partition coefficient (Wildman–Crippen LogP) is 1.74. The number of aromatic nitrogens is 2. The number of ether oxygens (including phenoxy) is 1. The van der Waals surface area contributed by atoms with Crippen molar-refractivity contribution in [2.45, 2.75) is 45.4 Å². The molecule has 0 saturated heterocycles. The van der Waals surface area contributed by atoms with E-state index in [1.807, 2.05) is 6.92 Å². The molecule has 0 aliphatic carbocycles. The number of cyclic esters (lactones) is 1. The molecule has 0 saturated carbocycles. The van der Waals surface area contributed by atoms with Gasteiger partial charge in [-0.15, -0.1) is 0 Å². The van der Waals surface area contributed by atoms with Crippen LogP contribution >= 0.6 is 0 Å². The Morgan fingerprint density at radius 2 is 2.03 bits per heavy atom. The number of pyridine rings is 2. The van der Waals surface area contributed by atoms with Crippen LogP contribution in [-0.4, -0.2) is 26.5 Å². The van der Waals surface area contributed by atoms with Crippen molar-refractivity contribution >= 4 is 22.8 Å². The molecular formula is C23H21N3O5. The van der Waals surface area contributed by atoms with Gasteiger partial charge in [-0.25, -0.2) is 9.78 Å². The van der Waals surface area contributed by atoms with Crippen LogP contribution in [0.5, 0.6) is 0 Å². The molecule has 158 valence electrons. The number of fused-ring (bicyclic) bond motifs is 5. The van der Waals surface area contributed by atoms with Gasteiger partial charge in [-0.1, -0.05) is 13.8 Å². The minimum absolute atomic E-state index is 0.0931. The highest BCUT2D eigenvalue weighted by Gasteiger charge is 2.45. The Bertz CT molecular complexity index is 1370. The summed E-state index contributed by atoms with van der Waals surface area (Å²) in [6.45, 7) is 3.84. The normalized spacial score (nSPS) is 19.0. The molecule has 2 aromatic heterocycles. The van der Waals surface area contributed by atoms with Crippen LogP contribution in [0.25, 0.3) is 22.3 Å². The molecular weight excluding hydrogens is 398 g/mol. The Hall–Kier alpha value is -3.52. The number of hydrogen-bond donors (Lipinski definition) is 2. The third-order valence-electron chi connectivity index (χ3n) is 6.44. The standard InChI is InChI=1S/C23H21N3O5/c1-3-12-13-7-11(20(24)27)5-6-17(13)25-19-14(12)9-26-18(19)8-16-15(21(26)28)10-31-22(29)23(16,30)4-2/h5-8,30H,3-4,9-10H2,1-2H3,(H2,24,27). The molecule has 8 nitrogen and oxygen atoms in total. The summed E-state index contributed by atoms with van der Waals surface area (Å²) < 4.78 is 6.72. The van der Waals surface area contributed by atoms with Crippen LogP contribution in [0.15, 0.2) is 29.1 Å². The monoisotopic (exact) mass is 419 g/mol. The molecule has 0 fully saturated rings. The molecule has 8 heteroatoms. The highest BCUT2D eigenvalue weighted by molar-refractivity contribution is 5.98. The molecule has 2 aliphatic heterocycles. The van der Waals surface area contributed by atoms with Gasteiger partial charge >= 0.3 is 5.97 Å². The zero-order valence-electron chi connectivity index (χ0n) is 17.2. The fourth-order valence-corrected chi connectivity index (χ4v) is 4.72. The van der Waals surface area contributed by atoms with Crippen molar-refractivity contribution in [1.82, 2.24) is 9.55 Å². The van der Waals surface area contributed by atoms with Gasteiger partial charge in [0, 0.05) is 22.1 Å². The molecule has 1 aromatic carbocycles. The van der Waals surface area contributed by atoms with E-state index in [-0.39, 0.29) is 18.6 Å². The van der Waals surface area contributed by atoms with Crippen LogP contribution in [-0.2, 0) is 34.7 Å². The lowest BCUT2D eigenvalue weighted by Gasteiger charge is -2.31. The van der Waals surface area contributed by atoms with Gasteiger partial charge in [0.2, 0.25) is 5.91 Å². The van der Waals surface area contributed by atoms with Crippen LogP contribution in [0.1, 0.15) is 52.9 Å². The zero-order valence-corrected chi connectivity index (χ0v) is 17.2. The third-order valence-corrected chi connectivity index (χ3v) is 6.44. The molecule has 5 rings (SSSR count). The Morgan fingerprint density at radius 1 is 1.26 bits per heavy atom. The molecule has 4 heterocycles. The Balaban J connectivity index is 1.81. The first kappa shape index (κ1) is 19.4. The summed E-state index contributed by atoms with van der Waals surface area (Å²) in [5.41, 5.74) is 8.06. The molecule has 1 unspecified atom stereocenters. The number of esters is 1. The summed E-state index contributed by atoms with van der Waals surface area (Å²) in [5, 5.41) is 11.8. The quantitative estimate of drug-likeness (QED) is 0.488. The molecule has 3 aromatic rings. The van der Waals surface area contributed by atoms with E-state index >= 15 is 0 Å². The van der Waals surface area contributed by atoms with Crippen molar-refractivity contribution in [3.8, 4) is 11.4 Å². The molecule has 3 N–H and O–H groups in total. The van der Waals surface area contributed by atoms with Gasteiger partial charge in [-0.3, -0.25) is 9.59 Å². The molecule has 0 spiro atoms. The first-order chi connectivity index (χ1) is 14.8. The minimum atomic E-state index is -1.86. The van der Waals surface area contributed by atoms with E-state index in [0.29, 0.717) is 46.6 Å². The summed E-state index contributed by atoms with van der Waals surface area (Å²) in [5.74, 6) is -1.26. The molecule has 1 atom stereocenters. The number of nitrogens with zero attached hydrogens (tertiary/aromatic N) is 2. The Kier molecular flexibility index (Phi) is 4.07. The number of primary amides is 1. The van der Waals surface area contributed by atoms with Crippen molar-refractivity contribution in [2.75, 3.05) is 0 Å². The van der Waals surface area contributed by atoms with Crippen molar-refractivity contribution in [3.05, 3.63) is 62.4 Å². The highest BCUT2D eigenvalue weighted by atomic mass is 16.6. The second-order valence-electron chi connectivity index (χ2n) is 7.97. The van der Waals surface area contributed by atoms with Crippen LogP contribution < -0.4 is 11.3 Å². The van der Waals surface area contributed by atoms with E-state index in [0.717, 1.165) is 16.5 Å². The lowest BCUT2D eigenvalue weighted by molar-refractivity contribution is -0.172. The van der Waals surface area contributed by atoms with E-state index in [2.05, 4.69) is 0 Å². The number of carbonyl (C=O) groups excluding carboxylic acids is 2. The first-order valence-corrected chi connectivity index (χ1v) is 10.2. The van der Waals surface area contributed by atoms with Gasteiger partial charge in [0.1, 0.15) is 6.61 Å². The number of benzene rings is 1. The number of nitrogens with two attached hydrogens (primary N) is 1. The average Bonchev–Trinajstić information content (AvgIpc) is 3.13. The molecule has 31 heavy (non-hydrogen) atoms. The molecule has 0 bridgehead atoms. The van der Waals surface area contributed by atoms with E-state index in [4.69, 9.17) is 15.5 Å². The van der Waals surface area contributed by atoms with E-state index in [1.54, 1.807) is 35.8 Å². The number of carbonyl (C=O) groups is 2. The van der Waals surface area contributed by atoms with Gasteiger partial charge in [0.15, 0.2) is 5.60 Å². The Morgan fingerprint density at radius 3 is 2.71 bits per heavy atom. The van der Waals surface area contributed by atoms with Gasteiger partial charge in [-0.05, 0) is 42.7 Å². The van der Waals surface area contributed by atoms with Gasteiger partial charge in [0.25, 0.3) is 5.56 Å². The summed E-state index contributed by atoms with van der Waals surface area (Å²) in [7, 11) is 0. The molecule has 1 amide bonds. The van der Waals surface area contributed by atoms with E-state index in [9.17, 15) is 19.5 Å². The predicted molar refractivity (Wildman–Crippen MR) is 112 cm³/mol. The van der Waals surface area contributed by atoms with Gasteiger partial charge in [0.05, 0.1) is 29.0 Å². The third kappa shape index (κ3) is 2.51. The van der Waals surface area contributed by atoms with Crippen LogP contribution in [0.2, 0.25) is 0 Å². The number of aliphatic hydroxyl groups is 1. The van der Waals surface area contributed by atoms with Crippen molar-refractivity contribution < 1.29 is 19.4 Å². The smallest absolute Gasteiger partial charge is 0.343 e. The van der Waals surface area contributed by atoms with Crippen molar-refractivity contribution in [1.29, 1.82) is 0 Å². The van der Waals surface area contributed by atoms with Gasteiger partial charge in [-0.2, -0.15) is 0 Å². The summed E-state index contributed by atoms with van der Waals surface area (Å²) >= 11 is 0. The average molecular weight is 419 g/mol. The SMILES string of the molecule is CCc1c2c(nc3ccc(C(N)=O)cc13)-c1cc3c(c(=O)n1C2)COC(=O)C3(O)CC. The first-order valence-electron chi connectivity index (χ1n) is 10.2. The number of amides is 1. The van der Waals surface area contributed by atoms with Crippen LogP contribution in [0.3, 0.4) is 0 Å². The van der Waals surface area contributed by atoms with E-state index in [1.165, 1.54) is 0 Å². The zero-order chi connectivity index (χ0) is 22.1. The largest absolute Gasteiger partial charge is 0.458 e. The maximum atomic E-state index is 13.3.